The van der Waals surface area contributed by atoms with Gasteiger partial charge in [-0.1, -0.05) is 145 Å². The lowest BCUT2D eigenvalue weighted by Gasteiger charge is -2.17. The van der Waals surface area contributed by atoms with Crippen molar-refractivity contribution in [2.24, 2.45) is 0 Å². The monoisotopic (exact) mass is 540 g/mol. The minimum Gasteiger partial charge on any atom is -0.287 e. The average Bonchev–Trinajstić information content (AvgIpc) is 2.80. The highest BCUT2D eigenvalue weighted by Crippen LogP contribution is 2.49. The van der Waals surface area contributed by atoms with Crippen LogP contribution in [0.25, 0.3) is 0 Å². The molecule has 0 aliphatic carbocycles. The Morgan fingerprint density at radius 3 is 1.06 bits per heavy atom. The number of hydrogen-bond donors (Lipinski definition) is 0. The summed E-state index contributed by atoms with van der Waals surface area (Å²) in [4.78, 5) is 0. The number of rotatable bonds is 27. The predicted octanol–water partition coefficient (Wildman–Crippen LogP) is 10.4. The van der Waals surface area contributed by atoms with E-state index in [4.69, 9.17) is 13.6 Å². The molecule has 0 aromatic rings. The van der Waals surface area contributed by atoms with Gasteiger partial charge in [0.15, 0.2) is 0 Å². The number of phosphoric ester groups is 1. The SMILES string of the molecule is CCCCCCCCCCCCOP(=O)(OCCBr)OCCCCCCCCCCCC. The minimum absolute atomic E-state index is 0.341. The van der Waals surface area contributed by atoms with Crippen molar-refractivity contribution >= 4 is 23.8 Å². The summed E-state index contributed by atoms with van der Waals surface area (Å²) in [6, 6.07) is 0. The molecular formula is C26H54BrO4P. The lowest BCUT2D eigenvalue weighted by Crippen LogP contribution is -2.04. The summed E-state index contributed by atoms with van der Waals surface area (Å²) in [6.45, 7) is 5.76. The van der Waals surface area contributed by atoms with Crippen LogP contribution in [0.2, 0.25) is 0 Å². The Labute approximate surface area is 209 Å². The van der Waals surface area contributed by atoms with Gasteiger partial charge in [0.2, 0.25) is 0 Å². The first-order chi connectivity index (χ1) is 15.7. The van der Waals surface area contributed by atoms with Crippen LogP contribution in [0, 0.1) is 0 Å². The predicted molar refractivity (Wildman–Crippen MR) is 143 cm³/mol. The second-order valence-electron chi connectivity index (χ2n) is 9.00. The molecule has 0 atom stereocenters. The quantitative estimate of drug-likeness (QED) is 0.0589. The fraction of sp³-hybridized carbons (Fsp3) is 1.00. The highest BCUT2D eigenvalue weighted by atomic mass is 79.9. The largest absolute Gasteiger partial charge is 0.474 e. The maximum absolute atomic E-state index is 12.8. The van der Waals surface area contributed by atoms with Crippen molar-refractivity contribution in [1.82, 2.24) is 0 Å². The lowest BCUT2D eigenvalue weighted by atomic mass is 10.1. The summed E-state index contributed by atoms with van der Waals surface area (Å²) < 4.78 is 29.4. The van der Waals surface area contributed by atoms with Gasteiger partial charge >= 0.3 is 7.82 Å². The van der Waals surface area contributed by atoms with Crippen LogP contribution in [0.4, 0.5) is 0 Å². The molecule has 0 unspecified atom stereocenters. The topological polar surface area (TPSA) is 44.8 Å². The Kier molecular flexibility index (Phi) is 26.7. The van der Waals surface area contributed by atoms with E-state index in [2.05, 4.69) is 29.8 Å². The van der Waals surface area contributed by atoms with Crippen molar-refractivity contribution in [1.29, 1.82) is 0 Å². The molecule has 4 nitrogen and oxygen atoms in total. The molecule has 32 heavy (non-hydrogen) atoms. The van der Waals surface area contributed by atoms with Gasteiger partial charge < -0.3 is 0 Å². The Hall–Kier alpha value is 0.590. The molecule has 0 aliphatic rings. The van der Waals surface area contributed by atoms with E-state index in [1.807, 2.05) is 0 Å². The maximum atomic E-state index is 12.8. The van der Waals surface area contributed by atoms with Crippen molar-refractivity contribution in [2.75, 3.05) is 25.2 Å². The molecule has 0 amide bonds. The molecule has 194 valence electrons. The summed E-state index contributed by atoms with van der Waals surface area (Å²) in [6.07, 6.45) is 25.4. The molecule has 0 radical (unpaired) electrons. The minimum atomic E-state index is -3.42. The van der Waals surface area contributed by atoms with Gasteiger partial charge in [0.1, 0.15) is 0 Å². The molecule has 0 saturated carbocycles. The smallest absolute Gasteiger partial charge is 0.287 e. The fourth-order valence-corrected chi connectivity index (χ4v) is 5.45. The molecule has 0 aromatic heterocycles. The van der Waals surface area contributed by atoms with Crippen molar-refractivity contribution in [3.63, 3.8) is 0 Å². The van der Waals surface area contributed by atoms with Crippen LogP contribution in [0.5, 0.6) is 0 Å². The fourth-order valence-electron chi connectivity index (χ4n) is 3.79. The van der Waals surface area contributed by atoms with E-state index in [9.17, 15) is 4.57 Å². The maximum Gasteiger partial charge on any atom is 0.474 e. The highest BCUT2D eigenvalue weighted by molar-refractivity contribution is 9.09. The first-order valence-electron chi connectivity index (χ1n) is 13.8. The van der Waals surface area contributed by atoms with Gasteiger partial charge in [-0.2, -0.15) is 0 Å². The Morgan fingerprint density at radius 1 is 0.469 bits per heavy atom. The van der Waals surface area contributed by atoms with E-state index in [-0.39, 0.29) is 0 Å². The molecular weight excluding hydrogens is 487 g/mol. The Bertz CT molecular complexity index is 379. The van der Waals surface area contributed by atoms with Crippen LogP contribution in [-0.4, -0.2) is 25.2 Å². The second-order valence-corrected chi connectivity index (χ2v) is 11.5. The normalized spacial score (nSPS) is 12.0. The van der Waals surface area contributed by atoms with E-state index in [1.54, 1.807) is 0 Å². The van der Waals surface area contributed by atoms with Gasteiger partial charge in [0.25, 0.3) is 0 Å². The summed E-state index contributed by atoms with van der Waals surface area (Å²) in [7, 11) is -3.42. The third-order valence-corrected chi connectivity index (χ3v) is 7.64. The molecule has 0 saturated heterocycles. The van der Waals surface area contributed by atoms with Crippen LogP contribution in [-0.2, 0) is 18.1 Å². The summed E-state index contributed by atoms with van der Waals surface area (Å²) in [5.41, 5.74) is 0. The Morgan fingerprint density at radius 2 is 0.750 bits per heavy atom. The van der Waals surface area contributed by atoms with Crippen molar-refractivity contribution in [3.05, 3.63) is 0 Å². The zero-order chi connectivity index (χ0) is 23.6. The van der Waals surface area contributed by atoms with Gasteiger partial charge in [-0.05, 0) is 12.8 Å². The van der Waals surface area contributed by atoms with Gasteiger partial charge in [-0.3, -0.25) is 13.6 Å². The van der Waals surface area contributed by atoms with E-state index in [1.165, 1.54) is 103 Å². The summed E-state index contributed by atoms with van der Waals surface area (Å²) in [5, 5.41) is 0.625. The number of unbranched alkanes of at least 4 members (excludes halogenated alkanes) is 18. The van der Waals surface area contributed by atoms with Crippen molar-refractivity contribution in [2.45, 2.75) is 142 Å². The zero-order valence-electron chi connectivity index (χ0n) is 21.4. The number of hydrogen-bond acceptors (Lipinski definition) is 4. The molecule has 0 heterocycles. The second kappa shape index (κ2) is 26.2. The standard InChI is InChI=1S/C26H54BrO4P/c1-3-5-7-9-11-13-15-17-19-21-24-29-32(28,31-26-23-27)30-25-22-20-18-16-14-12-10-8-6-4-2/h3-26H2,1-2H3. The highest BCUT2D eigenvalue weighted by Gasteiger charge is 2.25. The molecule has 0 rings (SSSR count). The van der Waals surface area contributed by atoms with Gasteiger partial charge in [0, 0.05) is 5.33 Å². The number of halogens is 1. The zero-order valence-corrected chi connectivity index (χ0v) is 23.9. The molecule has 0 N–H and O–H groups in total. The van der Waals surface area contributed by atoms with Crippen LogP contribution >= 0.6 is 23.8 Å². The van der Waals surface area contributed by atoms with E-state index in [0.29, 0.717) is 25.2 Å². The van der Waals surface area contributed by atoms with Crippen LogP contribution in [0.3, 0.4) is 0 Å². The van der Waals surface area contributed by atoms with Crippen molar-refractivity contribution < 1.29 is 18.1 Å². The van der Waals surface area contributed by atoms with Gasteiger partial charge in [-0.15, -0.1) is 0 Å². The number of alkyl halides is 1. The Balaban J connectivity index is 3.70. The van der Waals surface area contributed by atoms with E-state index >= 15 is 0 Å². The lowest BCUT2D eigenvalue weighted by molar-refractivity contribution is 0.115. The van der Waals surface area contributed by atoms with Crippen LogP contribution in [0.1, 0.15) is 142 Å². The summed E-state index contributed by atoms with van der Waals surface area (Å²) in [5.74, 6) is 0. The van der Waals surface area contributed by atoms with Gasteiger partial charge in [-0.25, -0.2) is 4.57 Å². The van der Waals surface area contributed by atoms with E-state index in [0.717, 1.165) is 25.7 Å². The molecule has 0 aliphatic heterocycles. The first-order valence-corrected chi connectivity index (χ1v) is 16.4. The first kappa shape index (κ1) is 32.6. The summed E-state index contributed by atoms with van der Waals surface area (Å²) >= 11 is 3.32. The average molecular weight is 542 g/mol. The molecule has 0 spiro atoms. The van der Waals surface area contributed by atoms with Gasteiger partial charge in [0.05, 0.1) is 19.8 Å². The molecule has 6 heteroatoms. The third kappa shape index (κ3) is 23.7. The molecule has 0 fully saturated rings. The van der Waals surface area contributed by atoms with Crippen molar-refractivity contribution in [3.8, 4) is 0 Å². The van der Waals surface area contributed by atoms with E-state index < -0.39 is 7.82 Å². The third-order valence-electron chi connectivity index (χ3n) is 5.82. The van der Waals surface area contributed by atoms with Crippen LogP contribution < -0.4 is 0 Å². The molecule has 0 bridgehead atoms. The molecule has 0 aromatic carbocycles. The van der Waals surface area contributed by atoms with Crippen LogP contribution in [0.15, 0.2) is 0 Å². The number of phosphoric acid groups is 1.